The van der Waals surface area contributed by atoms with Crippen LogP contribution in [0.15, 0.2) is 11.6 Å². The first-order valence-electron chi connectivity index (χ1n) is 13.2. The van der Waals surface area contributed by atoms with E-state index in [9.17, 15) is 0 Å². The minimum absolute atomic E-state index is 0.399. The third-order valence-electron chi connectivity index (χ3n) is 9.82. The summed E-state index contributed by atoms with van der Waals surface area (Å²) in [6, 6.07) is 0. The monoisotopic (exact) mass is 420 g/mol. The Hall–Kier alpha value is 0.0300. The summed E-state index contributed by atoms with van der Waals surface area (Å²) in [6.45, 7) is 14.1. The van der Waals surface area contributed by atoms with E-state index in [2.05, 4.69) is 33.8 Å². The van der Waals surface area contributed by atoms with Gasteiger partial charge in [0.15, 0.2) is 0 Å². The number of allylic oxidation sites excluding steroid dienone is 2. The van der Waals surface area contributed by atoms with E-state index in [1.807, 2.05) is 13.8 Å². The molecule has 0 nitrogen and oxygen atoms in total. The first-order valence-corrected chi connectivity index (χ1v) is 13.6. The molecule has 0 heterocycles. The Morgan fingerprint density at radius 3 is 2.48 bits per heavy atom. The van der Waals surface area contributed by atoms with Crippen LogP contribution >= 0.6 is 11.6 Å². The molecule has 0 spiro atoms. The Balaban J connectivity index is 0.00000117. The lowest BCUT2D eigenvalue weighted by molar-refractivity contribution is -0.0423. The van der Waals surface area contributed by atoms with E-state index < -0.39 is 0 Å². The van der Waals surface area contributed by atoms with Crippen molar-refractivity contribution < 1.29 is 0 Å². The van der Waals surface area contributed by atoms with Gasteiger partial charge in [0, 0.05) is 5.38 Å². The van der Waals surface area contributed by atoms with Gasteiger partial charge in [-0.2, -0.15) is 0 Å². The summed E-state index contributed by atoms with van der Waals surface area (Å²) in [5, 5.41) is 0.399. The summed E-state index contributed by atoms with van der Waals surface area (Å²) in [7, 11) is 0. The van der Waals surface area contributed by atoms with Gasteiger partial charge in [0.25, 0.3) is 0 Å². The number of rotatable bonds is 5. The first kappa shape index (κ1) is 23.7. The number of hydrogen-bond donors (Lipinski definition) is 0. The predicted molar refractivity (Wildman–Crippen MR) is 129 cm³/mol. The third kappa shape index (κ3) is 4.49. The van der Waals surface area contributed by atoms with Gasteiger partial charge in [0.1, 0.15) is 0 Å². The molecule has 4 rings (SSSR count). The lowest BCUT2D eigenvalue weighted by atomic mass is 9.47. The molecule has 1 heteroatoms. The average Bonchev–Trinajstić information content (AvgIpc) is 3.03. The van der Waals surface area contributed by atoms with Crippen molar-refractivity contribution in [2.45, 2.75) is 124 Å². The fourth-order valence-electron chi connectivity index (χ4n) is 8.14. The second kappa shape index (κ2) is 9.67. The summed E-state index contributed by atoms with van der Waals surface area (Å²) in [4.78, 5) is 0. The van der Waals surface area contributed by atoms with Crippen LogP contribution in [0.1, 0.15) is 119 Å². The highest BCUT2D eigenvalue weighted by atomic mass is 35.5. The highest BCUT2D eigenvalue weighted by Crippen LogP contribution is 2.66. The van der Waals surface area contributed by atoms with E-state index in [1.165, 1.54) is 77.0 Å². The molecule has 7 unspecified atom stereocenters. The molecule has 4 aliphatic rings. The van der Waals surface area contributed by atoms with Crippen LogP contribution in [0.4, 0.5) is 0 Å². The van der Waals surface area contributed by atoms with Crippen LogP contribution in [0, 0.1) is 40.4 Å². The molecule has 0 radical (unpaired) electrons. The quantitative estimate of drug-likeness (QED) is 0.236. The zero-order valence-corrected chi connectivity index (χ0v) is 21.2. The van der Waals surface area contributed by atoms with Crippen molar-refractivity contribution in [2.24, 2.45) is 40.4 Å². The molecule has 3 fully saturated rings. The zero-order valence-electron chi connectivity index (χ0n) is 20.4. The molecule has 0 aliphatic heterocycles. The maximum atomic E-state index is 6.54. The van der Waals surface area contributed by atoms with E-state index in [4.69, 9.17) is 11.6 Å². The third-order valence-corrected chi connectivity index (χ3v) is 10.2. The summed E-state index contributed by atoms with van der Waals surface area (Å²) in [5.41, 5.74) is 2.86. The van der Waals surface area contributed by atoms with Gasteiger partial charge >= 0.3 is 0 Å². The number of hydrogen-bond acceptors (Lipinski definition) is 0. The molecule has 0 aromatic rings. The Morgan fingerprint density at radius 1 is 1.00 bits per heavy atom. The van der Waals surface area contributed by atoms with E-state index in [0.717, 1.165) is 29.6 Å². The lowest BCUT2D eigenvalue weighted by Crippen LogP contribution is -2.50. The van der Waals surface area contributed by atoms with Crippen molar-refractivity contribution in [3.63, 3.8) is 0 Å². The standard InChI is InChI=1S/C26H43Cl.C2H6/c1-18(2)7-5-6-8-19-10-12-23-22-11-9-20-17-21(27)13-15-26(20,4)24(22)14-16-25(19,23)3;1-2/h9,18-19,21-24H,5-8,10-17H2,1-4H3;1-2H3. The largest absolute Gasteiger partial charge is 0.123 e. The minimum Gasteiger partial charge on any atom is -0.123 e. The van der Waals surface area contributed by atoms with Crippen molar-refractivity contribution in [1.82, 2.24) is 0 Å². The Labute approximate surface area is 187 Å². The summed E-state index contributed by atoms with van der Waals surface area (Å²) < 4.78 is 0. The number of unbranched alkanes of at least 4 members (excludes halogenated alkanes) is 1. The molecule has 0 N–H and O–H groups in total. The Kier molecular flexibility index (Phi) is 7.90. The van der Waals surface area contributed by atoms with Crippen LogP contribution in [0.3, 0.4) is 0 Å². The fourth-order valence-corrected chi connectivity index (χ4v) is 8.42. The highest BCUT2D eigenvalue weighted by molar-refractivity contribution is 6.20. The van der Waals surface area contributed by atoms with Gasteiger partial charge < -0.3 is 0 Å². The van der Waals surface area contributed by atoms with E-state index in [1.54, 1.807) is 5.57 Å². The summed E-state index contributed by atoms with van der Waals surface area (Å²) in [6.07, 6.45) is 19.6. The molecular formula is C28H49Cl. The molecule has 4 aliphatic carbocycles. The lowest BCUT2D eigenvalue weighted by Gasteiger charge is -2.58. The average molecular weight is 421 g/mol. The predicted octanol–water partition coefficient (Wildman–Crippen LogP) is 9.42. The van der Waals surface area contributed by atoms with Crippen molar-refractivity contribution in [3.05, 3.63) is 11.6 Å². The minimum atomic E-state index is 0.399. The van der Waals surface area contributed by atoms with Gasteiger partial charge in [-0.15, -0.1) is 11.6 Å². The molecule has 29 heavy (non-hydrogen) atoms. The van der Waals surface area contributed by atoms with Crippen molar-refractivity contribution in [3.8, 4) is 0 Å². The van der Waals surface area contributed by atoms with Crippen molar-refractivity contribution in [2.75, 3.05) is 0 Å². The number of fused-ring (bicyclic) bond motifs is 5. The summed E-state index contributed by atoms with van der Waals surface area (Å²) >= 11 is 6.54. The number of halogens is 1. The van der Waals surface area contributed by atoms with E-state index >= 15 is 0 Å². The summed E-state index contributed by atoms with van der Waals surface area (Å²) in [5.74, 6) is 4.78. The first-order chi connectivity index (χ1) is 13.8. The van der Waals surface area contributed by atoms with Crippen molar-refractivity contribution in [1.29, 1.82) is 0 Å². The van der Waals surface area contributed by atoms with Crippen LogP contribution in [0.25, 0.3) is 0 Å². The molecule has 0 saturated heterocycles. The maximum Gasteiger partial charge on any atom is 0.0373 e. The van der Waals surface area contributed by atoms with Crippen molar-refractivity contribution >= 4 is 11.6 Å². The van der Waals surface area contributed by atoms with Crippen LogP contribution in [0.2, 0.25) is 0 Å². The topological polar surface area (TPSA) is 0 Å². The van der Waals surface area contributed by atoms with Crippen LogP contribution in [-0.2, 0) is 0 Å². The molecule has 168 valence electrons. The van der Waals surface area contributed by atoms with E-state index in [-0.39, 0.29) is 0 Å². The molecule has 0 bridgehead atoms. The SMILES string of the molecule is CC.CC(C)CCCCC1CCC2C3CC=C4CC(Cl)CCC4(C)C3CCC12C. The zero-order chi connectivity index (χ0) is 21.2. The highest BCUT2D eigenvalue weighted by Gasteiger charge is 2.58. The normalized spacial score (nSPS) is 43.6. The second-order valence-corrected chi connectivity index (χ2v) is 12.2. The molecule has 7 atom stereocenters. The molecule has 0 aromatic heterocycles. The van der Waals surface area contributed by atoms with Crippen LogP contribution in [-0.4, -0.2) is 5.38 Å². The van der Waals surface area contributed by atoms with Gasteiger partial charge in [-0.1, -0.05) is 72.5 Å². The van der Waals surface area contributed by atoms with Gasteiger partial charge in [-0.05, 0) is 98.2 Å². The molecule has 0 amide bonds. The van der Waals surface area contributed by atoms with Gasteiger partial charge in [0.2, 0.25) is 0 Å². The Morgan fingerprint density at radius 2 is 1.76 bits per heavy atom. The van der Waals surface area contributed by atoms with Gasteiger partial charge in [-0.25, -0.2) is 0 Å². The van der Waals surface area contributed by atoms with Crippen LogP contribution in [0.5, 0.6) is 0 Å². The number of alkyl halides is 1. The second-order valence-electron chi connectivity index (χ2n) is 11.6. The van der Waals surface area contributed by atoms with E-state index in [0.29, 0.717) is 16.2 Å². The molecular weight excluding hydrogens is 372 g/mol. The molecule has 0 aromatic carbocycles. The smallest absolute Gasteiger partial charge is 0.0373 e. The maximum absolute atomic E-state index is 6.54. The van der Waals surface area contributed by atoms with Gasteiger partial charge in [0.05, 0.1) is 0 Å². The fraction of sp³-hybridized carbons (Fsp3) is 0.929. The van der Waals surface area contributed by atoms with Crippen LogP contribution < -0.4 is 0 Å². The Bertz CT molecular complexity index is 563. The van der Waals surface area contributed by atoms with Gasteiger partial charge in [-0.3, -0.25) is 0 Å². The molecule has 3 saturated carbocycles.